The van der Waals surface area contributed by atoms with Gasteiger partial charge in [-0.1, -0.05) is 18.2 Å². The zero-order valence-corrected chi connectivity index (χ0v) is 17.9. The van der Waals surface area contributed by atoms with Gasteiger partial charge >= 0.3 is 0 Å². The fraction of sp³-hybridized carbons (Fsp3) is 0.417. The summed E-state index contributed by atoms with van der Waals surface area (Å²) < 4.78 is 28.1. The molecule has 5 atom stereocenters. The summed E-state index contributed by atoms with van der Waals surface area (Å²) in [5.41, 5.74) is 1.90. The second kappa shape index (κ2) is 9.17. The summed E-state index contributed by atoms with van der Waals surface area (Å²) in [7, 11) is 0. The number of fused-ring (bicyclic) bond motifs is 1. The lowest BCUT2D eigenvalue weighted by atomic mass is 9.91. The quantitative estimate of drug-likeness (QED) is 0.464. The standard InChI is InChI=1S/C24H28FNO6/c1-13(2)31-15-8-6-14(7-9-15)10-26-11-16(20-17(25)4-3-5-18(20)26)24-23(30)22(29)21(28)19(12-27)32-24/h3-9,11,13,19,21-24,27-30H,10,12H2,1-2H3/t19-,21-,22+,23-,24+/m1/s1. The van der Waals surface area contributed by atoms with Crippen molar-refractivity contribution in [3.8, 4) is 5.75 Å². The van der Waals surface area contributed by atoms with E-state index < -0.39 is 42.9 Å². The highest BCUT2D eigenvalue weighted by Crippen LogP contribution is 2.38. The number of hydrogen-bond acceptors (Lipinski definition) is 6. The number of halogens is 1. The van der Waals surface area contributed by atoms with Crippen molar-refractivity contribution in [3.05, 3.63) is 65.6 Å². The molecule has 1 aliphatic rings. The molecule has 3 aromatic rings. The van der Waals surface area contributed by atoms with Gasteiger partial charge in [0, 0.05) is 23.7 Å². The van der Waals surface area contributed by atoms with Crippen LogP contribution in [0.15, 0.2) is 48.7 Å². The minimum Gasteiger partial charge on any atom is -0.491 e. The fourth-order valence-electron chi connectivity index (χ4n) is 4.19. The van der Waals surface area contributed by atoms with Crippen molar-refractivity contribution in [3.63, 3.8) is 0 Å². The number of rotatable bonds is 6. The van der Waals surface area contributed by atoms with Gasteiger partial charge in [0.2, 0.25) is 0 Å². The van der Waals surface area contributed by atoms with Gasteiger partial charge in [-0.05, 0) is 43.7 Å². The lowest BCUT2D eigenvalue weighted by Crippen LogP contribution is -2.55. The van der Waals surface area contributed by atoms with E-state index in [9.17, 15) is 24.8 Å². The fourth-order valence-corrected chi connectivity index (χ4v) is 4.19. The highest BCUT2D eigenvalue weighted by atomic mass is 19.1. The van der Waals surface area contributed by atoms with Crippen LogP contribution in [0.3, 0.4) is 0 Å². The van der Waals surface area contributed by atoms with Crippen molar-refractivity contribution in [2.45, 2.75) is 57.0 Å². The Morgan fingerprint density at radius 3 is 2.41 bits per heavy atom. The minimum atomic E-state index is -1.54. The van der Waals surface area contributed by atoms with Crippen LogP contribution in [0.25, 0.3) is 10.9 Å². The van der Waals surface area contributed by atoms with Crippen LogP contribution in [0.2, 0.25) is 0 Å². The third-order valence-corrected chi connectivity index (χ3v) is 5.73. The molecule has 32 heavy (non-hydrogen) atoms. The summed E-state index contributed by atoms with van der Waals surface area (Å²) in [5.74, 6) is 0.267. The third-order valence-electron chi connectivity index (χ3n) is 5.73. The smallest absolute Gasteiger partial charge is 0.132 e. The van der Waals surface area contributed by atoms with Gasteiger partial charge in [-0.25, -0.2) is 4.39 Å². The van der Waals surface area contributed by atoms with Crippen LogP contribution < -0.4 is 4.74 Å². The van der Waals surface area contributed by atoms with Gasteiger partial charge in [-0.3, -0.25) is 0 Å². The number of ether oxygens (including phenoxy) is 2. The van der Waals surface area contributed by atoms with E-state index >= 15 is 0 Å². The van der Waals surface area contributed by atoms with E-state index in [4.69, 9.17) is 9.47 Å². The van der Waals surface area contributed by atoms with Crippen LogP contribution in [0.5, 0.6) is 5.75 Å². The molecule has 0 spiro atoms. The molecule has 0 radical (unpaired) electrons. The van der Waals surface area contributed by atoms with Gasteiger partial charge in [0.05, 0.1) is 18.2 Å². The Hall–Kier alpha value is -2.49. The van der Waals surface area contributed by atoms with Crippen LogP contribution in [-0.4, -0.2) is 62.1 Å². The number of aromatic nitrogens is 1. The van der Waals surface area contributed by atoms with Gasteiger partial charge in [0.15, 0.2) is 0 Å². The average molecular weight is 445 g/mol. The third kappa shape index (κ3) is 4.24. The first kappa shape index (κ1) is 22.7. The SMILES string of the molecule is CC(C)Oc1ccc(Cn2cc([C@@H]3O[C@H](CO)[C@@H](O)[C@H](O)[C@H]3O)c3c(F)cccc32)cc1. The second-order valence-corrected chi connectivity index (χ2v) is 8.41. The zero-order valence-electron chi connectivity index (χ0n) is 17.9. The van der Waals surface area contributed by atoms with Gasteiger partial charge in [0.25, 0.3) is 0 Å². The Balaban J connectivity index is 1.71. The summed E-state index contributed by atoms with van der Waals surface area (Å²) in [4.78, 5) is 0. The van der Waals surface area contributed by atoms with Gasteiger partial charge in [-0.2, -0.15) is 0 Å². The van der Waals surface area contributed by atoms with Crippen molar-refractivity contribution in [1.82, 2.24) is 4.57 Å². The molecule has 0 unspecified atom stereocenters. The first-order valence-corrected chi connectivity index (χ1v) is 10.6. The van der Waals surface area contributed by atoms with Gasteiger partial charge in [-0.15, -0.1) is 0 Å². The number of aliphatic hydroxyl groups is 4. The van der Waals surface area contributed by atoms with Crippen LogP contribution in [-0.2, 0) is 11.3 Å². The molecule has 1 saturated heterocycles. The minimum absolute atomic E-state index is 0.0679. The number of hydrogen-bond donors (Lipinski definition) is 4. The molecule has 7 nitrogen and oxygen atoms in total. The molecule has 4 N–H and O–H groups in total. The topological polar surface area (TPSA) is 104 Å². The summed E-state index contributed by atoms with van der Waals surface area (Å²) in [6.45, 7) is 3.79. The molecule has 1 aromatic heterocycles. The Labute approximate surface area is 185 Å². The van der Waals surface area contributed by atoms with Crippen LogP contribution >= 0.6 is 0 Å². The number of nitrogens with zero attached hydrogens (tertiary/aromatic N) is 1. The Morgan fingerprint density at radius 2 is 1.75 bits per heavy atom. The zero-order chi connectivity index (χ0) is 23.0. The Kier molecular flexibility index (Phi) is 6.50. The first-order valence-electron chi connectivity index (χ1n) is 10.6. The normalized spacial score (nSPS) is 26.1. The first-order chi connectivity index (χ1) is 15.3. The summed E-state index contributed by atoms with van der Waals surface area (Å²) >= 11 is 0. The van der Waals surface area contributed by atoms with Crippen molar-refractivity contribution < 1.29 is 34.3 Å². The lowest BCUT2D eigenvalue weighted by molar-refractivity contribution is -0.231. The predicted octanol–water partition coefficient (Wildman–Crippen LogP) is 2.13. The summed E-state index contributed by atoms with van der Waals surface area (Å²) in [6.07, 6.45) is -4.94. The predicted molar refractivity (Wildman–Crippen MR) is 116 cm³/mol. The van der Waals surface area contributed by atoms with Crippen molar-refractivity contribution in [2.75, 3.05) is 6.61 Å². The number of benzene rings is 2. The molecule has 2 aromatic carbocycles. The molecule has 0 amide bonds. The van der Waals surface area contributed by atoms with E-state index in [2.05, 4.69) is 0 Å². The molecule has 4 rings (SSSR count). The molecule has 8 heteroatoms. The van der Waals surface area contributed by atoms with E-state index in [1.54, 1.807) is 18.3 Å². The Morgan fingerprint density at radius 1 is 1.03 bits per heavy atom. The summed E-state index contributed by atoms with van der Waals surface area (Å²) in [6, 6.07) is 12.3. The molecule has 0 bridgehead atoms. The molecular weight excluding hydrogens is 417 g/mol. The molecule has 0 saturated carbocycles. The molecule has 2 heterocycles. The van der Waals surface area contributed by atoms with E-state index in [0.29, 0.717) is 17.6 Å². The molecular formula is C24H28FNO6. The molecule has 1 fully saturated rings. The molecule has 0 aliphatic carbocycles. The average Bonchev–Trinajstić information content (AvgIpc) is 3.13. The molecule has 172 valence electrons. The van der Waals surface area contributed by atoms with Crippen molar-refractivity contribution in [2.24, 2.45) is 0 Å². The maximum absolute atomic E-state index is 14.9. The second-order valence-electron chi connectivity index (χ2n) is 8.41. The highest BCUT2D eigenvalue weighted by Gasteiger charge is 2.45. The molecule has 1 aliphatic heterocycles. The van der Waals surface area contributed by atoms with Crippen LogP contribution in [0.4, 0.5) is 4.39 Å². The highest BCUT2D eigenvalue weighted by molar-refractivity contribution is 5.85. The largest absolute Gasteiger partial charge is 0.491 e. The van der Waals surface area contributed by atoms with Gasteiger partial charge in [0.1, 0.15) is 42.1 Å². The maximum Gasteiger partial charge on any atom is 0.132 e. The van der Waals surface area contributed by atoms with Crippen molar-refractivity contribution in [1.29, 1.82) is 0 Å². The number of aliphatic hydroxyl groups excluding tert-OH is 4. The van der Waals surface area contributed by atoms with Crippen LogP contribution in [0.1, 0.15) is 31.1 Å². The van der Waals surface area contributed by atoms with E-state index in [1.807, 2.05) is 42.7 Å². The van der Waals surface area contributed by atoms with E-state index in [0.717, 1.165) is 11.3 Å². The van der Waals surface area contributed by atoms with Gasteiger partial charge < -0.3 is 34.5 Å². The van der Waals surface area contributed by atoms with Crippen LogP contribution in [0, 0.1) is 5.82 Å². The lowest BCUT2D eigenvalue weighted by Gasteiger charge is -2.40. The maximum atomic E-state index is 14.9. The van der Waals surface area contributed by atoms with E-state index in [1.165, 1.54) is 6.07 Å². The monoisotopic (exact) mass is 445 g/mol. The Bertz CT molecular complexity index is 1060. The van der Waals surface area contributed by atoms with Crippen molar-refractivity contribution >= 4 is 10.9 Å². The summed E-state index contributed by atoms with van der Waals surface area (Å²) in [5, 5.41) is 40.6. The van der Waals surface area contributed by atoms with E-state index in [-0.39, 0.29) is 11.5 Å².